The van der Waals surface area contributed by atoms with Gasteiger partial charge in [0.1, 0.15) is 0 Å². The van der Waals surface area contributed by atoms with Gasteiger partial charge in [-0.05, 0) is 24.6 Å². The van der Waals surface area contributed by atoms with Crippen LogP contribution in [0.5, 0.6) is 0 Å². The van der Waals surface area contributed by atoms with Crippen LogP contribution in [0, 0.1) is 0 Å². The number of halogens is 1. The van der Waals surface area contributed by atoms with Gasteiger partial charge in [-0.2, -0.15) is 0 Å². The van der Waals surface area contributed by atoms with E-state index in [4.69, 9.17) is 11.6 Å². The molecule has 0 spiro atoms. The lowest BCUT2D eigenvalue weighted by atomic mass is 10.2. The van der Waals surface area contributed by atoms with Crippen LogP contribution in [-0.2, 0) is 6.54 Å². The standard InChI is InChI=1S/C12H13ClN4/c1-2-17(9-10-3-5-14-6-4-10)12-11(13)15-7-8-16-12/h3-8H,2,9H2,1H3. The molecule has 0 aliphatic carbocycles. The monoisotopic (exact) mass is 248 g/mol. The quantitative estimate of drug-likeness (QED) is 0.834. The first kappa shape index (κ1) is 11.8. The number of pyridine rings is 1. The van der Waals surface area contributed by atoms with Crippen molar-refractivity contribution in [3.63, 3.8) is 0 Å². The van der Waals surface area contributed by atoms with Crippen molar-refractivity contribution in [1.29, 1.82) is 0 Å². The van der Waals surface area contributed by atoms with Gasteiger partial charge in [0.2, 0.25) is 0 Å². The van der Waals surface area contributed by atoms with Crippen LogP contribution in [0.3, 0.4) is 0 Å². The van der Waals surface area contributed by atoms with Gasteiger partial charge in [0.15, 0.2) is 11.0 Å². The molecule has 2 heterocycles. The molecule has 17 heavy (non-hydrogen) atoms. The van der Waals surface area contributed by atoms with Gasteiger partial charge >= 0.3 is 0 Å². The van der Waals surface area contributed by atoms with E-state index < -0.39 is 0 Å². The summed E-state index contributed by atoms with van der Waals surface area (Å²) in [6.45, 7) is 3.63. The normalized spacial score (nSPS) is 10.2. The van der Waals surface area contributed by atoms with Gasteiger partial charge in [0.05, 0.1) is 0 Å². The van der Waals surface area contributed by atoms with Gasteiger partial charge in [-0.3, -0.25) is 4.98 Å². The van der Waals surface area contributed by atoms with Crippen molar-refractivity contribution >= 4 is 17.4 Å². The Morgan fingerprint density at radius 3 is 2.47 bits per heavy atom. The second kappa shape index (κ2) is 5.59. The van der Waals surface area contributed by atoms with Gasteiger partial charge in [0.25, 0.3) is 0 Å². The molecule has 4 nitrogen and oxygen atoms in total. The molecule has 0 aliphatic rings. The van der Waals surface area contributed by atoms with Crippen molar-refractivity contribution < 1.29 is 0 Å². The minimum Gasteiger partial charge on any atom is -0.350 e. The van der Waals surface area contributed by atoms with Gasteiger partial charge < -0.3 is 4.90 Å². The van der Waals surface area contributed by atoms with Crippen LogP contribution in [0.15, 0.2) is 36.9 Å². The van der Waals surface area contributed by atoms with Gasteiger partial charge in [-0.1, -0.05) is 11.6 Å². The first-order chi connectivity index (χ1) is 8.31. The van der Waals surface area contributed by atoms with E-state index in [1.54, 1.807) is 24.8 Å². The second-order valence-corrected chi connectivity index (χ2v) is 3.90. The van der Waals surface area contributed by atoms with Crippen LogP contribution in [0.4, 0.5) is 5.82 Å². The fourth-order valence-electron chi connectivity index (χ4n) is 1.57. The predicted molar refractivity (Wildman–Crippen MR) is 68.0 cm³/mol. The van der Waals surface area contributed by atoms with Gasteiger partial charge in [-0.15, -0.1) is 0 Å². The summed E-state index contributed by atoms with van der Waals surface area (Å²) in [5.41, 5.74) is 1.17. The number of nitrogens with zero attached hydrogens (tertiary/aromatic N) is 4. The van der Waals surface area contributed by atoms with E-state index >= 15 is 0 Å². The average molecular weight is 249 g/mol. The lowest BCUT2D eigenvalue weighted by Crippen LogP contribution is -2.23. The van der Waals surface area contributed by atoms with Crippen molar-refractivity contribution in [3.8, 4) is 0 Å². The molecule has 2 aromatic heterocycles. The Kier molecular flexibility index (Phi) is 3.88. The Hall–Kier alpha value is -1.68. The maximum absolute atomic E-state index is 6.04. The van der Waals surface area contributed by atoms with Gasteiger partial charge in [0, 0.05) is 37.9 Å². The van der Waals surface area contributed by atoms with E-state index in [2.05, 4.69) is 26.8 Å². The van der Waals surface area contributed by atoms with Crippen LogP contribution in [0.2, 0.25) is 5.15 Å². The fourth-order valence-corrected chi connectivity index (χ4v) is 1.80. The van der Waals surface area contributed by atoms with Crippen LogP contribution in [-0.4, -0.2) is 21.5 Å². The zero-order valence-electron chi connectivity index (χ0n) is 9.55. The zero-order valence-corrected chi connectivity index (χ0v) is 10.3. The van der Waals surface area contributed by atoms with Crippen LogP contribution in [0.25, 0.3) is 0 Å². The highest BCUT2D eigenvalue weighted by Crippen LogP contribution is 2.21. The third-order valence-electron chi connectivity index (χ3n) is 2.44. The molecule has 0 unspecified atom stereocenters. The lowest BCUT2D eigenvalue weighted by Gasteiger charge is -2.22. The Bertz CT molecular complexity index is 475. The Balaban J connectivity index is 2.21. The highest BCUT2D eigenvalue weighted by molar-refractivity contribution is 6.31. The van der Waals surface area contributed by atoms with Gasteiger partial charge in [-0.25, -0.2) is 9.97 Å². The Labute approximate surface area is 105 Å². The summed E-state index contributed by atoms with van der Waals surface area (Å²) in [5.74, 6) is 0.716. The van der Waals surface area contributed by atoms with E-state index in [0.29, 0.717) is 11.0 Å². The number of aromatic nitrogens is 3. The van der Waals surface area contributed by atoms with Crippen LogP contribution in [0.1, 0.15) is 12.5 Å². The SMILES string of the molecule is CCN(Cc1ccncc1)c1nccnc1Cl. The molecule has 0 aliphatic heterocycles. The molecule has 0 saturated heterocycles. The number of anilines is 1. The van der Waals surface area contributed by atoms with E-state index in [1.807, 2.05) is 12.1 Å². The van der Waals surface area contributed by atoms with E-state index in [1.165, 1.54) is 5.56 Å². The maximum Gasteiger partial charge on any atom is 0.171 e. The topological polar surface area (TPSA) is 41.9 Å². The van der Waals surface area contributed by atoms with E-state index in [9.17, 15) is 0 Å². The Morgan fingerprint density at radius 2 is 1.82 bits per heavy atom. The molecule has 0 fully saturated rings. The molecule has 0 aromatic carbocycles. The largest absolute Gasteiger partial charge is 0.350 e. The third kappa shape index (κ3) is 2.91. The first-order valence-corrected chi connectivity index (χ1v) is 5.79. The minimum atomic E-state index is 0.434. The minimum absolute atomic E-state index is 0.434. The zero-order chi connectivity index (χ0) is 12.1. The van der Waals surface area contributed by atoms with Crippen molar-refractivity contribution in [2.45, 2.75) is 13.5 Å². The smallest absolute Gasteiger partial charge is 0.171 e. The molecule has 0 amide bonds. The molecule has 2 aromatic rings. The maximum atomic E-state index is 6.04. The molecular weight excluding hydrogens is 236 g/mol. The summed E-state index contributed by atoms with van der Waals surface area (Å²) in [6.07, 6.45) is 6.80. The first-order valence-electron chi connectivity index (χ1n) is 5.41. The van der Waals surface area contributed by atoms with E-state index in [-0.39, 0.29) is 0 Å². The summed E-state index contributed by atoms with van der Waals surface area (Å²) in [7, 11) is 0. The molecule has 0 radical (unpaired) electrons. The van der Waals surface area contributed by atoms with Crippen LogP contribution >= 0.6 is 11.6 Å². The summed E-state index contributed by atoms with van der Waals surface area (Å²) < 4.78 is 0. The highest BCUT2D eigenvalue weighted by atomic mass is 35.5. The molecule has 5 heteroatoms. The van der Waals surface area contributed by atoms with Crippen molar-refractivity contribution in [2.24, 2.45) is 0 Å². The number of hydrogen-bond donors (Lipinski definition) is 0. The lowest BCUT2D eigenvalue weighted by molar-refractivity contribution is 0.808. The summed E-state index contributed by atoms with van der Waals surface area (Å²) in [6, 6.07) is 3.96. The molecule has 88 valence electrons. The van der Waals surface area contributed by atoms with E-state index in [0.717, 1.165) is 13.1 Å². The summed E-state index contributed by atoms with van der Waals surface area (Å²) in [4.78, 5) is 14.4. The van der Waals surface area contributed by atoms with Crippen molar-refractivity contribution in [2.75, 3.05) is 11.4 Å². The van der Waals surface area contributed by atoms with Crippen molar-refractivity contribution in [1.82, 2.24) is 15.0 Å². The highest BCUT2D eigenvalue weighted by Gasteiger charge is 2.10. The third-order valence-corrected chi connectivity index (χ3v) is 2.71. The number of rotatable bonds is 4. The Morgan fingerprint density at radius 1 is 1.12 bits per heavy atom. The second-order valence-electron chi connectivity index (χ2n) is 3.54. The molecule has 0 atom stereocenters. The molecule has 0 bridgehead atoms. The van der Waals surface area contributed by atoms with Crippen molar-refractivity contribution in [3.05, 3.63) is 47.6 Å². The average Bonchev–Trinajstić information content (AvgIpc) is 2.38. The summed E-state index contributed by atoms with van der Waals surface area (Å²) in [5, 5.41) is 0.434. The number of hydrogen-bond acceptors (Lipinski definition) is 4. The molecule has 2 rings (SSSR count). The molecular formula is C12H13ClN4. The summed E-state index contributed by atoms with van der Waals surface area (Å²) >= 11 is 6.04. The molecule has 0 saturated carbocycles. The fraction of sp³-hybridized carbons (Fsp3) is 0.250. The predicted octanol–water partition coefficient (Wildman–Crippen LogP) is 2.55. The van der Waals surface area contributed by atoms with Crippen LogP contribution < -0.4 is 4.90 Å². The molecule has 0 N–H and O–H groups in total.